The van der Waals surface area contributed by atoms with Crippen LogP contribution >= 0.6 is 0 Å². The van der Waals surface area contributed by atoms with Crippen LogP contribution in [0.1, 0.15) is 47.0 Å². The van der Waals surface area contributed by atoms with Gasteiger partial charge in [-0.15, -0.1) is 0 Å². The molecule has 0 fully saturated rings. The fourth-order valence-corrected chi connectivity index (χ4v) is 4.44. The van der Waals surface area contributed by atoms with E-state index in [2.05, 4.69) is 10.6 Å². The molecule has 244 valence electrons. The van der Waals surface area contributed by atoms with E-state index in [0.717, 1.165) is 18.1 Å². The first-order chi connectivity index (χ1) is 21.4. The van der Waals surface area contributed by atoms with Crippen molar-refractivity contribution in [3.63, 3.8) is 0 Å². The summed E-state index contributed by atoms with van der Waals surface area (Å²) in [7, 11) is 3.40. The fourth-order valence-electron chi connectivity index (χ4n) is 4.44. The zero-order valence-electron chi connectivity index (χ0n) is 26.0. The first-order valence-electron chi connectivity index (χ1n) is 14.2. The van der Waals surface area contributed by atoms with E-state index >= 15 is 0 Å². The van der Waals surface area contributed by atoms with Crippen molar-refractivity contribution >= 4 is 0 Å². The molecule has 45 heavy (non-hydrogen) atoms. The maximum absolute atomic E-state index is 12.1. The highest BCUT2D eigenvalue weighted by Gasteiger charge is 2.21. The fraction of sp³-hybridized carbons (Fsp3) is 0.273. The summed E-state index contributed by atoms with van der Waals surface area (Å²) in [6.45, 7) is 7.64. The Balaban J connectivity index is 0.000000304. The molecule has 0 spiro atoms. The van der Waals surface area contributed by atoms with Crippen LogP contribution < -0.4 is 63.0 Å². The third kappa shape index (κ3) is 6.85. The van der Waals surface area contributed by atoms with Gasteiger partial charge in [0, 0.05) is 25.5 Å². The molecule has 12 nitrogen and oxygen atoms in total. The van der Waals surface area contributed by atoms with Crippen LogP contribution in [0.2, 0.25) is 0 Å². The van der Waals surface area contributed by atoms with Crippen molar-refractivity contribution < 1.29 is 40.9 Å². The number of hydrogen-bond donors (Lipinski definition) is 4. The molecule has 4 rings (SSSR count). The van der Waals surface area contributed by atoms with Crippen molar-refractivity contribution in [2.45, 2.75) is 47.0 Å². The van der Waals surface area contributed by atoms with Gasteiger partial charge in [-0.1, -0.05) is 89.1 Å². The summed E-state index contributed by atoms with van der Waals surface area (Å²) in [5.74, 6) is -3.43. The van der Waals surface area contributed by atoms with E-state index in [1.807, 2.05) is 20.8 Å². The van der Waals surface area contributed by atoms with Gasteiger partial charge in [-0.2, -0.15) is 0 Å². The molecular weight excluding hydrogens is 580 g/mol. The largest absolute Gasteiger partial charge is 0.872 e. The molecule has 4 aliphatic rings. The third-order valence-corrected chi connectivity index (χ3v) is 7.16. The minimum Gasteiger partial charge on any atom is -0.872 e. The van der Waals surface area contributed by atoms with Gasteiger partial charge in [0.25, 0.3) is 0 Å². The minimum atomic E-state index is -0.470. The number of rotatable bonds is 11. The van der Waals surface area contributed by atoms with Crippen molar-refractivity contribution in [3.8, 4) is 0 Å². The summed E-state index contributed by atoms with van der Waals surface area (Å²) in [5, 5.41) is 100. The van der Waals surface area contributed by atoms with Gasteiger partial charge < -0.3 is 63.0 Å². The van der Waals surface area contributed by atoms with Gasteiger partial charge >= 0.3 is 0 Å². The van der Waals surface area contributed by atoms with Crippen molar-refractivity contribution in [2.24, 2.45) is 11.5 Å². The summed E-state index contributed by atoms with van der Waals surface area (Å²) in [5.41, 5.74) is 11.7. The molecule has 6 N–H and O–H groups in total. The number of hydrogen-bond acceptors (Lipinski definition) is 12. The number of nitrogens with one attached hydrogen (secondary N) is 2. The van der Waals surface area contributed by atoms with Crippen LogP contribution in [0.15, 0.2) is 139 Å². The smallest absolute Gasteiger partial charge is 0.0107 e. The summed E-state index contributed by atoms with van der Waals surface area (Å²) < 4.78 is 0. The molecule has 0 heterocycles. The van der Waals surface area contributed by atoms with Crippen LogP contribution in [0, 0.1) is 0 Å². The molecule has 0 aromatic rings. The Hall–Kier alpha value is -5.52. The lowest BCUT2D eigenvalue weighted by molar-refractivity contribution is -0.336. The SMILES string of the molecule is CC.CC/C(=C/C1=C([O-])C(CC2=C([O-])C(/C=C(/C)NC)=C2[O-])=C1[O-])NC.N/C=C/C1=C([O-])C(CC2=C([O-])C(/C=C/N)=C2[O-])=C1[O-]. The molecule has 0 saturated carbocycles. The van der Waals surface area contributed by atoms with Crippen LogP contribution in [0.3, 0.4) is 0 Å². The molecule has 0 aliphatic heterocycles. The molecule has 0 aromatic carbocycles. The van der Waals surface area contributed by atoms with E-state index in [1.54, 1.807) is 21.0 Å². The molecule has 12 heteroatoms. The maximum atomic E-state index is 12.1. The van der Waals surface area contributed by atoms with Crippen LogP contribution in [0.25, 0.3) is 0 Å². The Labute approximate surface area is 262 Å². The highest BCUT2D eigenvalue weighted by Crippen LogP contribution is 2.41. The van der Waals surface area contributed by atoms with Gasteiger partial charge in [0.1, 0.15) is 0 Å². The predicted octanol–water partition coefficient (Wildman–Crippen LogP) is -3.67. The Morgan fingerprint density at radius 2 is 0.889 bits per heavy atom. The molecule has 0 radical (unpaired) electrons. The number of allylic oxidation sites excluding steroid dienone is 10. The summed E-state index contributed by atoms with van der Waals surface area (Å²) in [6, 6.07) is 0. The Kier molecular flexibility index (Phi) is 12.1. The molecule has 0 bridgehead atoms. The molecule has 0 aromatic heterocycles. The van der Waals surface area contributed by atoms with Crippen LogP contribution in [0.4, 0.5) is 0 Å². The van der Waals surface area contributed by atoms with Gasteiger partial charge in [-0.25, -0.2) is 0 Å². The quantitative estimate of drug-likeness (QED) is 0.175. The highest BCUT2D eigenvalue weighted by molar-refractivity contribution is 5.65. The van der Waals surface area contributed by atoms with E-state index in [4.69, 9.17) is 11.5 Å². The second-order valence-electron chi connectivity index (χ2n) is 9.62. The van der Waals surface area contributed by atoms with E-state index in [0.29, 0.717) is 12.1 Å². The third-order valence-electron chi connectivity index (χ3n) is 7.16. The maximum Gasteiger partial charge on any atom is 0.0107 e. The van der Waals surface area contributed by atoms with Gasteiger partial charge in [0.05, 0.1) is 0 Å². The van der Waals surface area contributed by atoms with Crippen molar-refractivity contribution in [2.75, 3.05) is 14.1 Å². The summed E-state index contributed by atoms with van der Waals surface area (Å²) in [6.07, 6.45) is 7.86. The topological polar surface area (TPSA) is 261 Å². The van der Waals surface area contributed by atoms with Crippen molar-refractivity contribution in [1.29, 1.82) is 0 Å². The van der Waals surface area contributed by atoms with Gasteiger partial charge in [0.15, 0.2) is 0 Å². The monoisotopic (exact) mass is 616 g/mol. The average Bonchev–Trinajstić information content (AvgIpc) is 3.06. The lowest BCUT2D eigenvalue weighted by atomic mass is 9.82. The van der Waals surface area contributed by atoms with Crippen molar-refractivity contribution in [1.82, 2.24) is 10.6 Å². The standard InChI is InChI=1S/C18H24N2O4.C13H14N2O4.C2H6/c1-5-10(20-4)7-12-17(23)14(18(12)24)8-13-15(21)11(16(13)22)6-9(2)19-3;14-3-1-6-10(16)8(11(6)17)5-9-12(18)7(2-4-15)13(9)19;1-2/h6-7,19-24H,5,8H2,1-4H3;1-4,16-19H,5,14-15H2;1-2H3/p-8/b9-6-,10-7-;3-1+,4-2+;. The zero-order chi connectivity index (χ0) is 34.2. The first-order valence-corrected chi connectivity index (χ1v) is 14.2. The molecule has 0 unspecified atom stereocenters. The first kappa shape index (κ1) is 35.7. The van der Waals surface area contributed by atoms with E-state index in [1.165, 1.54) is 24.3 Å². The summed E-state index contributed by atoms with van der Waals surface area (Å²) in [4.78, 5) is 0. The van der Waals surface area contributed by atoms with Gasteiger partial charge in [0.2, 0.25) is 0 Å². The van der Waals surface area contributed by atoms with E-state index in [-0.39, 0.29) is 68.9 Å². The second kappa shape index (κ2) is 15.3. The lowest BCUT2D eigenvalue weighted by Crippen LogP contribution is -2.32. The molecule has 0 amide bonds. The Bertz CT molecular complexity index is 1550. The van der Waals surface area contributed by atoms with E-state index in [9.17, 15) is 40.9 Å². The highest BCUT2D eigenvalue weighted by atomic mass is 16.3. The molecule has 0 atom stereocenters. The normalized spacial score (nSPS) is 18.5. The van der Waals surface area contributed by atoms with Gasteiger partial charge in [-0.3, -0.25) is 0 Å². The van der Waals surface area contributed by atoms with Crippen LogP contribution in [-0.2, 0) is 0 Å². The number of nitrogens with two attached hydrogens (primary N) is 2. The Morgan fingerprint density at radius 3 is 1.16 bits per heavy atom. The summed E-state index contributed by atoms with van der Waals surface area (Å²) >= 11 is 0. The average molecular weight is 617 g/mol. The molecule has 4 aliphatic carbocycles. The van der Waals surface area contributed by atoms with Gasteiger partial charge in [-0.05, 0) is 85.2 Å². The lowest BCUT2D eigenvalue weighted by Gasteiger charge is -2.44. The predicted molar refractivity (Wildman–Crippen MR) is 154 cm³/mol. The van der Waals surface area contributed by atoms with Crippen molar-refractivity contribution in [3.05, 3.63) is 139 Å². The molecular formula is C33H36N4O8-8. The van der Waals surface area contributed by atoms with E-state index < -0.39 is 34.6 Å². The van der Waals surface area contributed by atoms with Crippen LogP contribution in [0.5, 0.6) is 0 Å². The zero-order valence-corrected chi connectivity index (χ0v) is 26.0. The van der Waals surface area contributed by atoms with Crippen LogP contribution in [-0.4, -0.2) is 14.1 Å². The minimum absolute atomic E-state index is 0.00853. The molecule has 0 saturated heterocycles. The Morgan fingerprint density at radius 1 is 0.556 bits per heavy atom. The second-order valence-corrected chi connectivity index (χ2v) is 9.62.